The van der Waals surface area contributed by atoms with Gasteiger partial charge in [0, 0.05) is 12.1 Å². The van der Waals surface area contributed by atoms with Crippen molar-refractivity contribution >= 4 is 0 Å². The van der Waals surface area contributed by atoms with Crippen LogP contribution < -0.4 is 4.57 Å². The summed E-state index contributed by atoms with van der Waals surface area (Å²) in [5.74, 6) is 0. The largest absolute Gasteiger partial charge is 0.395 e. The summed E-state index contributed by atoms with van der Waals surface area (Å²) in [5.41, 5.74) is -0.197. The minimum atomic E-state index is -0.936. The summed E-state index contributed by atoms with van der Waals surface area (Å²) >= 11 is 0. The Morgan fingerprint density at radius 2 is 1.50 bits per heavy atom. The summed E-state index contributed by atoms with van der Waals surface area (Å²) in [7, 11) is 1.88. The third-order valence-corrected chi connectivity index (χ3v) is 2.50. The van der Waals surface area contributed by atoms with Crippen LogP contribution in [0.4, 0.5) is 0 Å². The molecule has 1 aromatic rings. The van der Waals surface area contributed by atoms with Gasteiger partial charge in [0.05, 0.1) is 25.2 Å². The highest BCUT2D eigenvalue weighted by Gasteiger charge is 2.30. The Hall–Kier alpha value is -0.970. The zero-order valence-corrected chi connectivity index (χ0v) is 8.22. The molecule has 4 heteroatoms. The summed E-state index contributed by atoms with van der Waals surface area (Å²) < 4.78 is 1.85. The third kappa shape index (κ3) is 1.92. The first kappa shape index (κ1) is 11.1. The Bertz CT molecular complexity index is 272. The predicted molar refractivity (Wildman–Crippen MR) is 50.6 cm³/mol. The van der Waals surface area contributed by atoms with Gasteiger partial charge in [-0.25, -0.2) is 4.57 Å². The van der Waals surface area contributed by atoms with Crippen LogP contribution in [0.3, 0.4) is 0 Å². The van der Waals surface area contributed by atoms with Crippen molar-refractivity contribution in [2.24, 2.45) is 7.05 Å². The van der Waals surface area contributed by atoms with E-state index in [0.717, 1.165) is 5.56 Å². The van der Waals surface area contributed by atoms with E-state index in [2.05, 4.69) is 0 Å². The number of nitrogens with zero attached hydrogens (tertiary/aromatic N) is 1. The van der Waals surface area contributed by atoms with Gasteiger partial charge in [0.15, 0.2) is 12.4 Å². The van der Waals surface area contributed by atoms with Gasteiger partial charge in [-0.1, -0.05) is 0 Å². The molecule has 1 aromatic heterocycles. The number of aliphatic hydroxyl groups excluding tert-OH is 3. The lowest BCUT2D eigenvalue weighted by Crippen LogP contribution is -2.39. The molecule has 1 heterocycles. The number of hydrogen-bond donors (Lipinski definition) is 3. The molecule has 0 unspecified atom stereocenters. The molecule has 0 saturated heterocycles. The quantitative estimate of drug-likeness (QED) is 0.528. The van der Waals surface area contributed by atoms with E-state index in [1.54, 1.807) is 12.1 Å². The van der Waals surface area contributed by atoms with E-state index >= 15 is 0 Å². The first-order chi connectivity index (χ1) is 6.68. The summed E-state index contributed by atoms with van der Waals surface area (Å²) in [5, 5.41) is 27.5. The lowest BCUT2D eigenvalue weighted by atomic mass is 9.83. The SMILES string of the molecule is C[n+]1ccc(C(CO)(CO)CO)cc1. The normalized spacial score (nSPS) is 11.7. The molecule has 0 saturated carbocycles. The molecular weight excluding hydrogens is 182 g/mol. The van der Waals surface area contributed by atoms with Crippen molar-refractivity contribution in [2.45, 2.75) is 5.41 Å². The monoisotopic (exact) mass is 198 g/mol. The van der Waals surface area contributed by atoms with Gasteiger partial charge in [-0.2, -0.15) is 0 Å². The molecule has 78 valence electrons. The highest BCUT2D eigenvalue weighted by atomic mass is 16.3. The molecule has 0 aliphatic heterocycles. The van der Waals surface area contributed by atoms with Gasteiger partial charge in [0.1, 0.15) is 7.05 Å². The molecule has 3 N–H and O–H groups in total. The lowest BCUT2D eigenvalue weighted by molar-refractivity contribution is -0.671. The topological polar surface area (TPSA) is 64.6 Å². The molecule has 14 heavy (non-hydrogen) atoms. The Labute approximate surface area is 83.1 Å². The average Bonchev–Trinajstić information content (AvgIpc) is 2.24. The van der Waals surface area contributed by atoms with Crippen molar-refractivity contribution in [3.8, 4) is 0 Å². The number of aryl methyl sites for hydroxylation is 1. The average molecular weight is 198 g/mol. The molecule has 4 nitrogen and oxygen atoms in total. The summed E-state index contributed by atoms with van der Waals surface area (Å²) in [6.45, 7) is -0.810. The van der Waals surface area contributed by atoms with E-state index in [4.69, 9.17) is 0 Å². The van der Waals surface area contributed by atoms with Crippen LogP contribution >= 0.6 is 0 Å². The van der Waals surface area contributed by atoms with Crippen LogP contribution in [0.5, 0.6) is 0 Å². The maximum Gasteiger partial charge on any atom is 0.168 e. The molecule has 0 spiro atoms. The Kier molecular flexibility index (Phi) is 3.57. The van der Waals surface area contributed by atoms with E-state index in [0.29, 0.717) is 0 Å². The van der Waals surface area contributed by atoms with Crippen molar-refractivity contribution in [3.05, 3.63) is 30.1 Å². The first-order valence-corrected chi connectivity index (χ1v) is 4.47. The molecule has 0 aliphatic rings. The van der Waals surface area contributed by atoms with E-state index in [9.17, 15) is 15.3 Å². The van der Waals surface area contributed by atoms with Crippen LogP contribution in [0.15, 0.2) is 24.5 Å². The zero-order valence-electron chi connectivity index (χ0n) is 8.22. The Morgan fingerprint density at radius 3 is 1.86 bits per heavy atom. The molecule has 0 amide bonds. The van der Waals surface area contributed by atoms with Gasteiger partial charge >= 0.3 is 0 Å². The molecule has 0 atom stereocenters. The van der Waals surface area contributed by atoms with Gasteiger partial charge in [-0.05, 0) is 5.56 Å². The number of aliphatic hydroxyl groups is 3. The zero-order chi connectivity index (χ0) is 10.6. The smallest absolute Gasteiger partial charge is 0.168 e. The number of hydrogen-bond acceptors (Lipinski definition) is 3. The van der Waals surface area contributed by atoms with Crippen molar-refractivity contribution < 1.29 is 19.9 Å². The van der Waals surface area contributed by atoms with Crippen LogP contribution in [0.25, 0.3) is 0 Å². The van der Waals surface area contributed by atoms with E-state index in [1.165, 1.54) is 0 Å². The van der Waals surface area contributed by atoms with Crippen molar-refractivity contribution in [2.75, 3.05) is 19.8 Å². The molecule has 0 radical (unpaired) electrons. The minimum absolute atomic E-state index is 0.270. The van der Waals surface area contributed by atoms with Gasteiger partial charge in [-0.15, -0.1) is 0 Å². The number of pyridine rings is 1. The molecule has 1 rings (SSSR count). The second kappa shape index (κ2) is 4.50. The third-order valence-electron chi connectivity index (χ3n) is 2.50. The Morgan fingerprint density at radius 1 is 1.07 bits per heavy atom. The van der Waals surface area contributed by atoms with Crippen LogP contribution in [0.2, 0.25) is 0 Å². The highest BCUT2D eigenvalue weighted by Crippen LogP contribution is 2.21. The van der Waals surface area contributed by atoms with Crippen molar-refractivity contribution in [1.82, 2.24) is 0 Å². The first-order valence-electron chi connectivity index (χ1n) is 4.47. The second-order valence-corrected chi connectivity index (χ2v) is 3.51. The molecular formula is C10H16NO3+. The number of rotatable bonds is 4. The molecule has 0 aliphatic carbocycles. The highest BCUT2D eigenvalue weighted by molar-refractivity contribution is 5.22. The molecule has 0 aromatic carbocycles. The van der Waals surface area contributed by atoms with Crippen LogP contribution in [0.1, 0.15) is 5.56 Å². The Balaban J connectivity index is 3.05. The minimum Gasteiger partial charge on any atom is -0.395 e. The van der Waals surface area contributed by atoms with Gasteiger partial charge < -0.3 is 15.3 Å². The van der Waals surface area contributed by atoms with Gasteiger partial charge in [0.25, 0.3) is 0 Å². The predicted octanol–water partition coefficient (Wildman–Crippen LogP) is -1.27. The fraction of sp³-hybridized carbons (Fsp3) is 0.500. The second-order valence-electron chi connectivity index (χ2n) is 3.51. The molecule has 0 bridgehead atoms. The van der Waals surface area contributed by atoms with Crippen molar-refractivity contribution in [3.63, 3.8) is 0 Å². The van der Waals surface area contributed by atoms with Gasteiger partial charge in [0.2, 0.25) is 0 Å². The summed E-state index contributed by atoms with van der Waals surface area (Å²) in [6, 6.07) is 3.56. The molecule has 0 fully saturated rings. The summed E-state index contributed by atoms with van der Waals surface area (Å²) in [6.07, 6.45) is 3.62. The van der Waals surface area contributed by atoms with E-state index in [-0.39, 0.29) is 19.8 Å². The number of aromatic nitrogens is 1. The van der Waals surface area contributed by atoms with Crippen LogP contribution in [-0.4, -0.2) is 35.1 Å². The fourth-order valence-electron chi connectivity index (χ4n) is 1.28. The maximum absolute atomic E-state index is 9.17. The van der Waals surface area contributed by atoms with Gasteiger partial charge in [-0.3, -0.25) is 0 Å². The van der Waals surface area contributed by atoms with Crippen molar-refractivity contribution in [1.29, 1.82) is 0 Å². The van der Waals surface area contributed by atoms with E-state index < -0.39 is 5.41 Å². The fourth-order valence-corrected chi connectivity index (χ4v) is 1.28. The van der Waals surface area contributed by atoms with Crippen LogP contribution in [-0.2, 0) is 12.5 Å². The summed E-state index contributed by atoms with van der Waals surface area (Å²) in [4.78, 5) is 0. The standard InChI is InChI=1S/C10H16NO3/c1-11-4-2-9(3-5-11)10(6-12,7-13)8-14/h2-5,12-14H,6-8H2,1H3/q+1. The lowest BCUT2D eigenvalue weighted by Gasteiger charge is -2.27. The maximum atomic E-state index is 9.17. The van der Waals surface area contributed by atoms with Crippen LogP contribution in [0, 0.1) is 0 Å². The van der Waals surface area contributed by atoms with E-state index in [1.807, 2.05) is 24.0 Å².